The lowest BCUT2D eigenvalue weighted by molar-refractivity contribution is 0.303. The third kappa shape index (κ3) is 4.71. The highest BCUT2D eigenvalue weighted by Crippen LogP contribution is 2.25. The molecule has 0 atom stereocenters. The highest BCUT2D eigenvalue weighted by molar-refractivity contribution is 5.76. The average Bonchev–Trinajstić information content (AvgIpc) is 3.00. The average molecular weight is 365 g/mol. The molecule has 3 heteroatoms. The van der Waals surface area contributed by atoms with Gasteiger partial charge in [-0.25, -0.2) is 4.98 Å². The number of aryl methyl sites for hydroxylation is 1. The number of benzene rings is 2. The highest BCUT2D eigenvalue weighted by Gasteiger charge is 2.14. The molecule has 0 spiro atoms. The smallest absolute Gasteiger partial charge is 0.119 e. The van der Waals surface area contributed by atoms with E-state index < -0.39 is 0 Å². The standard InChI is InChI=1S/C24H32N2O/c1-18(2)23-25-21-10-6-7-11-22(21)26(23)16-8-9-17-27-20-14-12-19(13-15-20)24(3,4)5/h6-7,10-15,18H,8-9,16-17H2,1-5H3. The number of fused-ring (bicyclic) bond motifs is 1. The first-order valence-electron chi connectivity index (χ1n) is 10.0. The maximum absolute atomic E-state index is 5.93. The van der Waals surface area contributed by atoms with E-state index in [1.165, 1.54) is 16.9 Å². The summed E-state index contributed by atoms with van der Waals surface area (Å²) < 4.78 is 8.31. The topological polar surface area (TPSA) is 27.1 Å². The van der Waals surface area contributed by atoms with Crippen molar-refractivity contribution in [3.05, 3.63) is 59.9 Å². The molecule has 3 nitrogen and oxygen atoms in total. The van der Waals surface area contributed by atoms with Crippen LogP contribution in [0.1, 0.15) is 64.8 Å². The SMILES string of the molecule is CC(C)c1nc2ccccc2n1CCCCOc1ccc(C(C)(C)C)cc1. The van der Waals surface area contributed by atoms with Crippen LogP contribution in [0.5, 0.6) is 5.75 Å². The normalized spacial score (nSPS) is 12.1. The summed E-state index contributed by atoms with van der Waals surface area (Å²) in [6, 6.07) is 16.9. The molecule has 0 saturated heterocycles. The molecule has 1 heterocycles. The fourth-order valence-corrected chi connectivity index (χ4v) is 3.38. The molecule has 1 aromatic heterocycles. The largest absolute Gasteiger partial charge is 0.494 e. The van der Waals surface area contributed by atoms with Gasteiger partial charge in [0.1, 0.15) is 11.6 Å². The van der Waals surface area contributed by atoms with E-state index in [2.05, 4.69) is 87.7 Å². The fraction of sp³-hybridized carbons (Fsp3) is 0.458. The van der Waals surface area contributed by atoms with Gasteiger partial charge in [-0.1, -0.05) is 58.9 Å². The summed E-state index contributed by atoms with van der Waals surface area (Å²) in [6.45, 7) is 12.8. The number of aromatic nitrogens is 2. The van der Waals surface area contributed by atoms with Crippen LogP contribution >= 0.6 is 0 Å². The van der Waals surface area contributed by atoms with E-state index in [1.54, 1.807) is 0 Å². The zero-order valence-corrected chi connectivity index (χ0v) is 17.3. The monoisotopic (exact) mass is 364 g/mol. The minimum Gasteiger partial charge on any atom is -0.494 e. The predicted octanol–water partition coefficient (Wildman–Crippen LogP) is 6.32. The van der Waals surface area contributed by atoms with E-state index >= 15 is 0 Å². The summed E-state index contributed by atoms with van der Waals surface area (Å²) >= 11 is 0. The van der Waals surface area contributed by atoms with Gasteiger partial charge >= 0.3 is 0 Å². The van der Waals surface area contributed by atoms with Crippen molar-refractivity contribution in [1.29, 1.82) is 0 Å². The van der Waals surface area contributed by atoms with Gasteiger partial charge in [0.05, 0.1) is 17.6 Å². The molecule has 144 valence electrons. The third-order valence-electron chi connectivity index (χ3n) is 4.97. The predicted molar refractivity (Wildman–Crippen MR) is 114 cm³/mol. The summed E-state index contributed by atoms with van der Waals surface area (Å²) in [5, 5.41) is 0. The molecule has 27 heavy (non-hydrogen) atoms. The molecule has 3 rings (SSSR count). The molecule has 0 N–H and O–H groups in total. The zero-order chi connectivity index (χ0) is 19.4. The highest BCUT2D eigenvalue weighted by atomic mass is 16.5. The van der Waals surface area contributed by atoms with E-state index in [1.807, 2.05) is 0 Å². The van der Waals surface area contributed by atoms with Gasteiger partial charge < -0.3 is 9.30 Å². The van der Waals surface area contributed by atoms with Crippen LogP contribution in [0.4, 0.5) is 0 Å². The molecule has 2 aromatic carbocycles. The number of para-hydroxylation sites is 2. The second kappa shape index (κ2) is 8.16. The van der Waals surface area contributed by atoms with Gasteiger partial charge in [-0.3, -0.25) is 0 Å². The van der Waals surface area contributed by atoms with E-state index in [0.717, 1.165) is 37.3 Å². The Balaban J connectivity index is 1.54. The summed E-state index contributed by atoms with van der Waals surface area (Å²) in [7, 11) is 0. The zero-order valence-electron chi connectivity index (χ0n) is 17.3. The second-order valence-corrected chi connectivity index (χ2v) is 8.60. The second-order valence-electron chi connectivity index (χ2n) is 8.60. The third-order valence-corrected chi connectivity index (χ3v) is 4.97. The Kier molecular flexibility index (Phi) is 5.88. The summed E-state index contributed by atoms with van der Waals surface area (Å²) in [6.07, 6.45) is 2.12. The number of hydrogen-bond donors (Lipinski definition) is 0. The van der Waals surface area contributed by atoms with Crippen molar-refractivity contribution < 1.29 is 4.74 Å². The lowest BCUT2D eigenvalue weighted by Crippen LogP contribution is -2.10. The molecule has 0 unspecified atom stereocenters. The van der Waals surface area contributed by atoms with Gasteiger partial charge in [-0.15, -0.1) is 0 Å². The minimum atomic E-state index is 0.181. The van der Waals surface area contributed by atoms with Crippen molar-refractivity contribution in [2.24, 2.45) is 0 Å². The Bertz CT molecular complexity index is 870. The molecule has 3 aromatic rings. The minimum absolute atomic E-state index is 0.181. The van der Waals surface area contributed by atoms with Crippen molar-refractivity contribution in [3.63, 3.8) is 0 Å². The van der Waals surface area contributed by atoms with Crippen LogP contribution in [0.3, 0.4) is 0 Å². The van der Waals surface area contributed by atoms with Crippen molar-refractivity contribution in [3.8, 4) is 5.75 Å². The number of nitrogens with zero attached hydrogens (tertiary/aromatic N) is 2. The molecule has 0 bridgehead atoms. The van der Waals surface area contributed by atoms with Gasteiger partial charge in [0.2, 0.25) is 0 Å². The first-order valence-corrected chi connectivity index (χ1v) is 10.0. The molecule has 0 aliphatic carbocycles. The van der Waals surface area contributed by atoms with Gasteiger partial charge in [0.15, 0.2) is 0 Å². The first kappa shape index (κ1) is 19.5. The maximum Gasteiger partial charge on any atom is 0.119 e. The number of ether oxygens (including phenoxy) is 1. The van der Waals surface area contributed by atoms with Crippen molar-refractivity contribution >= 4 is 11.0 Å². The van der Waals surface area contributed by atoms with E-state index in [-0.39, 0.29) is 5.41 Å². The van der Waals surface area contributed by atoms with Crippen LogP contribution in [0, 0.1) is 0 Å². The number of rotatable bonds is 7. The fourth-order valence-electron chi connectivity index (χ4n) is 3.38. The molecular weight excluding hydrogens is 332 g/mol. The summed E-state index contributed by atoms with van der Waals surface area (Å²) in [5.74, 6) is 2.56. The van der Waals surface area contributed by atoms with Crippen LogP contribution in [-0.4, -0.2) is 16.2 Å². The Labute approximate surface area is 163 Å². The lowest BCUT2D eigenvalue weighted by atomic mass is 9.87. The number of unbranched alkanes of at least 4 members (excludes halogenated alkanes) is 1. The van der Waals surface area contributed by atoms with Gasteiger partial charge in [-0.2, -0.15) is 0 Å². The molecule has 0 aliphatic rings. The van der Waals surface area contributed by atoms with Crippen LogP contribution in [0.25, 0.3) is 11.0 Å². The molecule has 0 aliphatic heterocycles. The Morgan fingerprint density at radius 1 is 0.963 bits per heavy atom. The van der Waals surface area contributed by atoms with Crippen molar-refractivity contribution in [1.82, 2.24) is 9.55 Å². The van der Waals surface area contributed by atoms with Gasteiger partial charge in [-0.05, 0) is 48.1 Å². The first-order chi connectivity index (χ1) is 12.9. The van der Waals surface area contributed by atoms with Crippen LogP contribution < -0.4 is 4.74 Å². The number of hydrogen-bond acceptors (Lipinski definition) is 2. The van der Waals surface area contributed by atoms with Crippen molar-refractivity contribution in [2.75, 3.05) is 6.61 Å². The van der Waals surface area contributed by atoms with Crippen molar-refractivity contribution in [2.45, 2.75) is 65.3 Å². The molecule has 0 amide bonds. The summed E-state index contributed by atoms with van der Waals surface area (Å²) in [5.41, 5.74) is 3.85. The van der Waals surface area contributed by atoms with E-state index in [4.69, 9.17) is 9.72 Å². The number of imidazole rings is 1. The maximum atomic E-state index is 5.93. The van der Waals surface area contributed by atoms with Crippen LogP contribution in [0.2, 0.25) is 0 Å². The van der Waals surface area contributed by atoms with E-state index in [9.17, 15) is 0 Å². The lowest BCUT2D eigenvalue weighted by Gasteiger charge is -2.19. The van der Waals surface area contributed by atoms with Gasteiger partial charge in [0.25, 0.3) is 0 Å². The molecule has 0 radical (unpaired) electrons. The Morgan fingerprint density at radius 2 is 1.67 bits per heavy atom. The van der Waals surface area contributed by atoms with Crippen LogP contribution in [-0.2, 0) is 12.0 Å². The Hall–Kier alpha value is -2.29. The molecule has 0 fully saturated rings. The van der Waals surface area contributed by atoms with Crippen LogP contribution in [0.15, 0.2) is 48.5 Å². The van der Waals surface area contributed by atoms with Gasteiger partial charge in [0, 0.05) is 12.5 Å². The van der Waals surface area contributed by atoms with E-state index in [0.29, 0.717) is 5.92 Å². The summed E-state index contributed by atoms with van der Waals surface area (Å²) in [4.78, 5) is 4.82. The molecule has 0 saturated carbocycles. The Morgan fingerprint density at radius 3 is 2.33 bits per heavy atom. The quantitative estimate of drug-likeness (QED) is 0.459. The molecular formula is C24H32N2O.